The van der Waals surface area contributed by atoms with Crippen molar-refractivity contribution in [3.8, 4) is 0 Å². The van der Waals surface area contributed by atoms with Gasteiger partial charge in [-0.3, -0.25) is 9.78 Å². The average Bonchev–Trinajstić information content (AvgIpc) is 2.82. The molecule has 98 valence electrons. The summed E-state index contributed by atoms with van der Waals surface area (Å²) >= 11 is 0. The van der Waals surface area contributed by atoms with E-state index in [1.54, 1.807) is 24.3 Å². The lowest BCUT2D eigenvalue weighted by Crippen LogP contribution is -2.44. The minimum atomic E-state index is -0.461. The number of likely N-dealkylation sites (N-methyl/N-ethyl adjacent to an activating group) is 1. The van der Waals surface area contributed by atoms with Crippen LogP contribution in [0.15, 0.2) is 24.5 Å². The van der Waals surface area contributed by atoms with Crippen molar-refractivity contribution in [1.29, 1.82) is 0 Å². The number of hydrogen-bond donors (Lipinski definition) is 2. The van der Waals surface area contributed by atoms with E-state index >= 15 is 0 Å². The van der Waals surface area contributed by atoms with Crippen LogP contribution in [0.25, 0.3) is 0 Å². The van der Waals surface area contributed by atoms with Crippen molar-refractivity contribution in [1.82, 2.24) is 15.2 Å². The number of carbonyl (C=O) groups excluding carboxylic acids is 1. The molecule has 2 N–H and O–H groups in total. The van der Waals surface area contributed by atoms with Gasteiger partial charge in [-0.25, -0.2) is 0 Å². The van der Waals surface area contributed by atoms with Crippen LogP contribution in [0.5, 0.6) is 0 Å². The summed E-state index contributed by atoms with van der Waals surface area (Å²) < 4.78 is 0. The number of nitrogens with one attached hydrogen (secondary N) is 1. The number of hydrogen-bond acceptors (Lipinski definition) is 4. The van der Waals surface area contributed by atoms with E-state index in [9.17, 15) is 9.90 Å². The van der Waals surface area contributed by atoms with E-state index in [0.29, 0.717) is 25.9 Å². The Hall–Kier alpha value is -1.46. The molecule has 0 radical (unpaired) electrons. The van der Waals surface area contributed by atoms with Crippen molar-refractivity contribution in [2.24, 2.45) is 0 Å². The monoisotopic (exact) mass is 249 g/mol. The van der Waals surface area contributed by atoms with Crippen LogP contribution in [0.2, 0.25) is 0 Å². The third-order valence-electron chi connectivity index (χ3n) is 3.39. The normalized spacial score (nSPS) is 23.0. The maximum Gasteiger partial charge on any atom is 0.223 e. The Labute approximate surface area is 107 Å². The number of carbonyl (C=O) groups is 1. The molecule has 0 unspecified atom stereocenters. The lowest BCUT2D eigenvalue weighted by atomic mass is 10.1. The Morgan fingerprint density at radius 2 is 2.44 bits per heavy atom. The fourth-order valence-electron chi connectivity index (χ4n) is 2.20. The fourth-order valence-corrected chi connectivity index (χ4v) is 2.20. The summed E-state index contributed by atoms with van der Waals surface area (Å²) in [6, 6.07) is 3.73. The molecule has 0 spiro atoms. The van der Waals surface area contributed by atoms with Gasteiger partial charge in [-0.15, -0.1) is 0 Å². The number of amides is 1. The fraction of sp³-hybridized carbons (Fsp3) is 0.538. The smallest absolute Gasteiger partial charge is 0.223 e. The summed E-state index contributed by atoms with van der Waals surface area (Å²) in [5.41, 5.74) is 1.06. The van der Waals surface area contributed by atoms with Gasteiger partial charge >= 0.3 is 0 Å². The first-order valence-electron chi connectivity index (χ1n) is 6.22. The Balaban J connectivity index is 1.84. The number of pyridine rings is 1. The van der Waals surface area contributed by atoms with Gasteiger partial charge < -0.3 is 15.3 Å². The molecule has 1 amide bonds. The van der Waals surface area contributed by atoms with Gasteiger partial charge in [0.25, 0.3) is 0 Å². The highest BCUT2D eigenvalue weighted by Gasteiger charge is 2.30. The maximum atomic E-state index is 12.0. The molecule has 0 saturated carbocycles. The first-order valence-corrected chi connectivity index (χ1v) is 6.22. The van der Waals surface area contributed by atoms with Crippen LogP contribution < -0.4 is 5.32 Å². The highest BCUT2D eigenvalue weighted by Crippen LogP contribution is 2.10. The number of rotatable bonds is 4. The topological polar surface area (TPSA) is 65.5 Å². The van der Waals surface area contributed by atoms with Crippen molar-refractivity contribution in [2.75, 3.05) is 20.1 Å². The minimum absolute atomic E-state index is 0.0617. The first-order chi connectivity index (χ1) is 8.68. The largest absolute Gasteiger partial charge is 0.390 e. The molecule has 1 aromatic heterocycles. The van der Waals surface area contributed by atoms with Crippen molar-refractivity contribution >= 4 is 5.91 Å². The molecular weight excluding hydrogens is 230 g/mol. The molecule has 1 fully saturated rings. The molecule has 0 aromatic carbocycles. The van der Waals surface area contributed by atoms with Gasteiger partial charge in [0.2, 0.25) is 5.91 Å². The van der Waals surface area contributed by atoms with Gasteiger partial charge in [0.1, 0.15) is 0 Å². The SMILES string of the molecule is CN(C(=O)CCc1cccnc1)[C@H]1CNC[C@@H]1O. The van der Waals surface area contributed by atoms with E-state index < -0.39 is 6.10 Å². The molecule has 18 heavy (non-hydrogen) atoms. The van der Waals surface area contributed by atoms with E-state index in [1.165, 1.54) is 0 Å². The van der Waals surface area contributed by atoms with Gasteiger partial charge in [-0.1, -0.05) is 6.07 Å². The lowest BCUT2D eigenvalue weighted by molar-refractivity contribution is -0.133. The van der Waals surface area contributed by atoms with Crippen LogP contribution in [-0.2, 0) is 11.2 Å². The molecule has 1 saturated heterocycles. The molecule has 1 aliphatic heterocycles. The Morgan fingerprint density at radius 1 is 1.61 bits per heavy atom. The second-order valence-corrected chi connectivity index (χ2v) is 4.66. The molecule has 1 aliphatic rings. The van der Waals surface area contributed by atoms with Crippen LogP contribution in [0, 0.1) is 0 Å². The Morgan fingerprint density at radius 3 is 3.06 bits per heavy atom. The summed E-state index contributed by atoms with van der Waals surface area (Å²) in [5, 5.41) is 12.8. The van der Waals surface area contributed by atoms with Crippen LogP contribution >= 0.6 is 0 Å². The summed E-state index contributed by atoms with van der Waals surface area (Å²) in [4.78, 5) is 17.7. The third-order valence-corrected chi connectivity index (χ3v) is 3.39. The van der Waals surface area contributed by atoms with E-state index in [0.717, 1.165) is 5.56 Å². The molecule has 2 heterocycles. The Kier molecular flexibility index (Phi) is 4.28. The molecule has 0 bridgehead atoms. The molecule has 5 nitrogen and oxygen atoms in total. The van der Waals surface area contributed by atoms with Crippen molar-refractivity contribution < 1.29 is 9.90 Å². The number of nitrogens with zero attached hydrogens (tertiary/aromatic N) is 2. The second kappa shape index (κ2) is 5.93. The summed E-state index contributed by atoms with van der Waals surface area (Å²) in [6.45, 7) is 1.22. The van der Waals surface area contributed by atoms with Gasteiger partial charge in [-0.05, 0) is 18.1 Å². The number of aliphatic hydroxyl groups is 1. The quantitative estimate of drug-likeness (QED) is 0.776. The predicted molar refractivity (Wildman–Crippen MR) is 68.0 cm³/mol. The zero-order valence-electron chi connectivity index (χ0n) is 10.5. The van der Waals surface area contributed by atoms with Gasteiger partial charge in [-0.2, -0.15) is 0 Å². The van der Waals surface area contributed by atoms with Crippen molar-refractivity contribution in [2.45, 2.75) is 25.0 Å². The lowest BCUT2D eigenvalue weighted by Gasteiger charge is -2.26. The number of aromatic nitrogens is 1. The van der Waals surface area contributed by atoms with Crippen LogP contribution in [0.4, 0.5) is 0 Å². The highest BCUT2D eigenvalue weighted by atomic mass is 16.3. The molecule has 1 aromatic rings. The van der Waals surface area contributed by atoms with Gasteiger partial charge in [0.15, 0.2) is 0 Å². The maximum absolute atomic E-state index is 12.0. The average molecular weight is 249 g/mol. The standard InChI is InChI=1S/C13H19N3O2/c1-16(11-8-15-9-12(11)17)13(18)5-4-10-3-2-6-14-7-10/h2-3,6-7,11-12,15,17H,4-5,8-9H2,1H3/t11-,12-/m0/s1. The Bertz CT molecular complexity index is 396. The minimum Gasteiger partial charge on any atom is -0.390 e. The van der Waals surface area contributed by atoms with E-state index in [4.69, 9.17) is 0 Å². The van der Waals surface area contributed by atoms with Crippen LogP contribution in [0.3, 0.4) is 0 Å². The molecule has 0 aliphatic carbocycles. The van der Waals surface area contributed by atoms with E-state index in [-0.39, 0.29) is 11.9 Å². The summed E-state index contributed by atoms with van der Waals surface area (Å²) in [5.74, 6) is 0.0617. The summed E-state index contributed by atoms with van der Waals surface area (Å²) in [6.07, 6.45) is 4.17. The van der Waals surface area contributed by atoms with Crippen LogP contribution in [-0.4, -0.2) is 53.2 Å². The zero-order chi connectivity index (χ0) is 13.0. The first kappa shape index (κ1) is 13.0. The summed E-state index contributed by atoms with van der Waals surface area (Å²) in [7, 11) is 1.76. The predicted octanol–water partition coefficient (Wildman–Crippen LogP) is -0.195. The zero-order valence-corrected chi connectivity index (χ0v) is 10.5. The highest BCUT2D eigenvalue weighted by molar-refractivity contribution is 5.76. The van der Waals surface area contributed by atoms with Crippen LogP contribution in [0.1, 0.15) is 12.0 Å². The molecule has 2 atom stereocenters. The van der Waals surface area contributed by atoms with Gasteiger partial charge in [0.05, 0.1) is 12.1 Å². The number of aliphatic hydroxyl groups excluding tert-OH is 1. The molecule has 5 heteroatoms. The van der Waals surface area contributed by atoms with Gasteiger partial charge in [0, 0.05) is 39.0 Å². The van der Waals surface area contributed by atoms with Crippen molar-refractivity contribution in [3.63, 3.8) is 0 Å². The van der Waals surface area contributed by atoms with E-state index in [1.807, 2.05) is 12.1 Å². The number of β-amino-alcohol motifs (C(OH)–C–C–N with tert-alkyl or cyclic N) is 1. The third kappa shape index (κ3) is 3.05. The van der Waals surface area contributed by atoms with E-state index in [2.05, 4.69) is 10.3 Å². The number of aryl methyl sites for hydroxylation is 1. The molecular formula is C13H19N3O2. The van der Waals surface area contributed by atoms with Crippen molar-refractivity contribution in [3.05, 3.63) is 30.1 Å². The second-order valence-electron chi connectivity index (χ2n) is 4.66. The molecule has 2 rings (SSSR count).